The predicted octanol–water partition coefficient (Wildman–Crippen LogP) is 3.75. The molecule has 0 bridgehead atoms. The van der Waals surface area contributed by atoms with E-state index in [1.54, 1.807) is 19.2 Å². The van der Waals surface area contributed by atoms with Gasteiger partial charge in [0, 0.05) is 17.6 Å². The van der Waals surface area contributed by atoms with Crippen LogP contribution in [0.4, 0.5) is 0 Å². The molecule has 0 unspecified atom stereocenters. The number of aromatic nitrogens is 1. The molecular weight excluding hydrogens is 278 g/mol. The number of nitrogens with zero attached hydrogens (tertiary/aromatic N) is 1. The highest BCUT2D eigenvalue weighted by molar-refractivity contribution is 5.83. The van der Waals surface area contributed by atoms with Crippen LogP contribution in [0.5, 0.6) is 5.75 Å². The highest BCUT2D eigenvalue weighted by atomic mass is 16.5. The number of fused-ring (bicyclic) bond motifs is 2. The second-order valence-electron chi connectivity index (χ2n) is 5.06. The third kappa shape index (κ3) is 1.89. The molecule has 108 valence electrons. The van der Waals surface area contributed by atoms with Gasteiger partial charge in [-0.15, -0.1) is 0 Å². The highest BCUT2D eigenvalue weighted by Gasteiger charge is 2.09. The van der Waals surface area contributed by atoms with Crippen LogP contribution in [-0.4, -0.2) is 11.7 Å². The highest BCUT2D eigenvalue weighted by Crippen LogP contribution is 2.25. The van der Waals surface area contributed by atoms with Crippen molar-refractivity contribution in [3.05, 3.63) is 71.0 Å². The molecule has 4 nitrogen and oxygen atoms in total. The molecule has 0 N–H and O–H groups in total. The van der Waals surface area contributed by atoms with Gasteiger partial charge < -0.3 is 9.15 Å². The van der Waals surface area contributed by atoms with Gasteiger partial charge in [0.1, 0.15) is 11.3 Å². The molecule has 0 aliphatic heterocycles. The van der Waals surface area contributed by atoms with Gasteiger partial charge in [0.05, 0.1) is 18.0 Å². The van der Waals surface area contributed by atoms with Crippen molar-refractivity contribution in [1.82, 2.24) is 4.57 Å². The smallest absolute Gasteiger partial charge is 0.208 e. The quantitative estimate of drug-likeness (QED) is 0.565. The number of hydrogen-bond acceptors (Lipinski definition) is 3. The van der Waals surface area contributed by atoms with Crippen molar-refractivity contribution in [1.29, 1.82) is 0 Å². The Labute approximate surface area is 126 Å². The fraction of sp³-hybridized carbons (Fsp3) is 0.0556. The Morgan fingerprint density at radius 1 is 1.05 bits per heavy atom. The van der Waals surface area contributed by atoms with E-state index >= 15 is 0 Å². The van der Waals surface area contributed by atoms with Crippen LogP contribution in [0, 0.1) is 0 Å². The van der Waals surface area contributed by atoms with E-state index < -0.39 is 0 Å². The summed E-state index contributed by atoms with van der Waals surface area (Å²) in [5.41, 5.74) is 1.49. The van der Waals surface area contributed by atoms with Crippen molar-refractivity contribution in [3.63, 3.8) is 0 Å². The van der Waals surface area contributed by atoms with E-state index in [2.05, 4.69) is 0 Å². The van der Waals surface area contributed by atoms with Gasteiger partial charge in [-0.25, -0.2) is 0 Å². The summed E-state index contributed by atoms with van der Waals surface area (Å²) in [5.74, 6) is 1.30. The molecule has 0 aliphatic carbocycles. The van der Waals surface area contributed by atoms with Gasteiger partial charge in [0.15, 0.2) is 5.43 Å². The van der Waals surface area contributed by atoms with E-state index in [0.29, 0.717) is 16.9 Å². The summed E-state index contributed by atoms with van der Waals surface area (Å²) in [4.78, 5) is 12.2. The van der Waals surface area contributed by atoms with Crippen LogP contribution in [-0.2, 0) is 0 Å². The SMILES string of the molecule is COc1ccc2c(ccn2-c2cc(=O)c3ccccc3o2)c1. The molecule has 0 aliphatic rings. The summed E-state index contributed by atoms with van der Waals surface area (Å²) < 4.78 is 13.0. The van der Waals surface area contributed by atoms with Gasteiger partial charge >= 0.3 is 0 Å². The van der Waals surface area contributed by atoms with Crippen molar-refractivity contribution < 1.29 is 9.15 Å². The van der Waals surface area contributed by atoms with E-state index in [1.165, 1.54) is 6.07 Å². The maximum absolute atomic E-state index is 12.2. The third-order valence-electron chi connectivity index (χ3n) is 3.76. The summed E-state index contributed by atoms with van der Waals surface area (Å²) in [5, 5.41) is 1.61. The molecule has 0 spiro atoms. The molecule has 4 aromatic rings. The summed E-state index contributed by atoms with van der Waals surface area (Å²) in [6, 6.07) is 16.5. The standard InChI is InChI=1S/C18H13NO3/c1-21-13-6-7-15-12(10-13)8-9-19(15)18-11-16(20)14-4-2-3-5-17(14)22-18/h2-11H,1H3. The molecule has 0 atom stereocenters. The minimum Gasteiger partial charge on any atom is -0.497 e. The normalized spacial score (nSPS) is 11.1. The Bertz CT molecular complexity index is 1040. The first-order valence-corrected chi connectivity index (χ1v) is 6.94. The van der Waals surface area contributed by atoms with Crippen molar-refractivity contribution >= 4 is 21.9 Å². The maximum Gasteiger partial charge on any atom is 0.208 e. The van der Waals surface area contributed by atoms with E-state index in [9.17, 15) is 4.79 Å². The number of rotatable bonds is 2. The van der Waals surface area contributed by atoms with Crippen molar-refractivity contribution in [2.45, 2.75) is 0 Å². The van der Waals surface area contributed by atoms with Crippen LogP contribution >= 0.6 is 0 Å². The van der Waals surface area contributed by atoms with Gasteiger partial charge in [0.25, 0.3) is 0 Å². The molecule has 2 heterocycles. The van der Waals surface area contributed by atoms with Gasteiger partial charge in [0.2, 0.25) is 5.88 Å². The van der Waals surface area contributed by atoms with E-state index in [-0.39, 0.29) is 5.43 Å². The average Bonchev–Trinajstić information content (AvgIpc) is 2.97. The van der Waals surface area contributed by atoms with E-state index in [0.717, 1.165) is 16.7 Å². The fourth-order valence-corrected chi connectivity index (χ4v) is 2.65. The first-order chi connectivity index (χ1) is 10.8. The first kappa shape index (κ1) is 12.7. The Kier molecular flexibility index (Phi) is 2.76. The van der Waals surface area contributed by atoms with Crippen LogP contribution in [0.15, 0.2) is 70.0 Å². The molecule has 0 radical (unpaired) electrons. The largest absolute Gasteiger partial charge is 0.497 e. The summed E-state index contributed by atoms with van der Waals surface area (Å²) in [6.07, 6.45) is 1.89. The van der Waals surface area contributed by atoms with Gasteiger partial charge in [-0.2, -0.15) is 0 Å². The van der Waals surface area contributed by atoms with Crippen LogP contribution < -0.4 is 10.2 Å². The number of hydrogen-bond donors (Lipinski definition) is 0. The van der Waals surface area contributed by atoms with Crippen molar-refractivity contribution in [3.8, 4) is 11.6 Å². The molecule has 0 saturated carbocycles. The second kappa shape index (κ2) is 4.77. The zero-order chi connectivity index (χ0) is 15.1. The van der Waals surface area contributed by atoms with Crippen molar-refractivity contribution in [2.75, 3.05) is 7.11 Å². The number of ether oxygens (including phenoxy) is 1. The maximum atomic E-state index is 12.2. The Morgan fingerprint density at radius 3 is 2.77 bits per heavy atom. The van der Waals surface area contributed by atoms with Crippen LogP contribution in [0.3, 0.4) is 0 Å². The van der Waals surface area contributed by atoms with Crippen molar-refractivity contribution in [2.24, 2.45) is 0 Å². The predicted molar refractivity (Wildman–Crippen MR) is 85.9 cm³/mol. The fourth-order valence-electron chi connectivity index (χ4n) is 2.65. The summed E-state index contributed by atoms with van der Waals surface area (Å²) in [6.45, 7) is 0. The lowest BCUT2D eigenvalue weighted by Gasteiger charge is -2.06. The molecule has 22 heavy (non-hydrogen) atoms. The summed E-state index contributed by atoms with van der Waals surface area (Å²) in [7, 11) is 1.64. The van der Waals surface area contributed by atoms with Crippen LogP contribution in [0.25, 0.3) is 27.8 Å². The lowest BCUT2D eigenvalue weighted by Crippen LogP contribution is -2.03. The molecule has 2 aromatic heterocycles. The Hall–Kier alpha value is -3.01. The van der Waals surface area contributed by atoms with E-state index in [1.807, 2.05) is 47.2 Å². The van der Waals surface area contributed by atoms with E-state index in [4.69, 9.17) is 9.15 Å². The Balaban J connectivity index is 1.97. The molecule has 0 amide bonds. The lowest BCUT2D eigenvalue weighted by molar-refractivity contribution is 0.415. The lowest BCUT2D eigenvalue weighted by atomic mass is 10.2. The molecular formula is C18H13NO3. The zero-order valence-electron chi connectivity index (χ0n) is 11.9. The Morgan fingerprint density at radius 2 is 1.91 bits per heavy atom. The van der Waals surface area contributed by atoms with Gasteiger partial charge in [-0.1, -0.05) is 12.1 Å². The molecule has 0 saturated heterocycles. The average molecular weight is 291 g/mol. The zero-order valence-corrected chi connectivity index (χ0v) is 11.9. The minimum absolute atomic E-state index is 0.0489. The first-order valence-electron chi connectivity index (χ1n) is 6.94. The monoisotopic (exact) mass is 291 g/mol. The summed E-state index contributed by atoms with van der Waals surface area (Å²) >= 11 is 0. The topological polar surface area (TPSA) is 44.4 Å². The second-order valence-corrected chi connectivity index (χ2v) is 5.06. The van der Waals surface area contributed by atoms with Gasteiger partial charge in [-0.05, 0) is 36.4 Å². The molecule has 2 aromatic carbocycles. The third-order valence-corrected chi connectivity index (χ3v) is 3.76. The molecule has 4 heteroatoms. The number of benzene rings is 2. The number of para-hydroxylation sites is 1. The molecule has 4 rings (SSSR count). The number of methoxy groups -OCH3 is 1. The van der Waals surface area contributed by atoms with Crippen LogP contribution in [0.1, 0.15) is 0 Å². The minimum atomic E-state index is -0.0489. The van der Waals surface area contributed by atoms with Crippen LogP contribution in [0.2, 0.25) is 0 Å². The van der Waals surface area contributed by atoms with Gasteiger partial charge in [-0.3, -0.25) is 9.36 Å². The molecule has 0 fully saturated rings.